The maximum Gasteiger partial charge on any atom is 0.508 e. The third kappa shape index (κ3) is 44.7. The second-order valence-corrected chi connectivity index (χ2v) is 11.1. The van der Waals surface area contributed by atoms with Gasteiger partial charge in [-0.15, -0.1) is 11.6 Å². The summed E-state index contributed by atoms with van der Waals surface area (Å²) in [5.74, 6) is 0.0799. The van der Waals surface area contributed by atoms with Crippen LogP contribution in [0.25, 0.3) is 0 Å². The number of carbonyl (C=O) groups excluding carboxylic acids is 5. The number of hydrogen-bond donors (Lipinski definition) is 4. The lowest BCUT2D eigenvalue weighted by molar-refractivity contribution is -0.142. The van der Waals surface area contributed by atoms with E-state index in [2.05, 4.69) is 23.7 Å². The van der Waals surface area contributed by atoms with Crippen molar-refractivity contribution in [2.45, 2.75) is 85.7 Å². The molecule has 4 N–H and O–H groups in total. The van der Waals surface area contributed by atoms with E-state index in [-0.39, 0.29) is 77.3 Å². The Hall–Kier alpha value is -3.32. The fourth-order valence-corrected chi connectivity index (χ4v) is 2.30. The van der Waals surface area contributed by atoms with E-state index < -0.39 is 49.0 Å². The number of alkyl halides is 1. The Morgan fingerprint density at radius 2 is 0.714 bits per heavy atom. The molecule has 0 saturated heterocycles. The van der Waals surface area contributed by atoms with Gasteiger partial charge in [0.2, 0.25) is 0 Å². The Bertz CT molecular complexity index is 840. The molecule has 0 rings (SSSR count). The summed E-state index contributed by atoms with van der Waals surface area (Å²) in [5, 5.41) is 35.3. The first-order valence-corrected chi connectivity index (χ1v) is 16.0. The third-order valence-electron chi connectivity index (χ3n) is 4.55. The van der Waals surface area contributed by atoms with Gasteiger partial charge in [0, 0.05) is 24.6 Å². The lowest BCUT2D eigenvalue weighted by atomic mass is 10.2. The van der Waals surface area contributed by atoms with Crippen LogP contribution in [0.15, 0.2) is 0 Å². The lowest BCUT2D eigenvalue weighted by Gasteiger charge is -2.12. The maximum atomic E-state index is 11.0. The van der Waals surface area contributed by atoms with Crippen LogP contribution in [0, 0.1) is 11.8 Å². The molecule has 0 aromatic heterocycles. The van der Waals surface area contributed by atoms with E-state index in [4.69, 9.17) is 51.0 Å². The van der Waals surface area contributed by atoms with Crippen LogP contribution < -0.4 is 0 Å². The first kappa shape index (κ1) is 50.1. The van der Waals surface area contributed by atoms with Crippen LogP contribution in [0.4, 0.5) is 19.2 Å². The molecule has 0 amide bonds. The van der Waals surface area contributed by atoms with Crippen molar-refractivity contribution < 1.29 is 87.0 Å². The fraction of sp³-hybridized carbons (Fsp3) is 0.833. The van der Waals surface area contributed by atoms with E-state index in [0.717, 1.165) is 0 Å². The molecule has 0 aliphatic carbocycles. The summed E-state index contributed by atoms with van der Waals surface area (Å²) >= 11 is 5.49. The van der Waals surface area contributed by atoms with Gasteiger partial charge < -0.3 is 63.1 Å². The zero-order valence-corrected chi connectivity index (χ0v) is 30.1. The molecule has 0 aliphatic rings. The van der Waals surface area contributed by atoms with Crippen LogP contribution in [0.3, 0.4) is 0 Å². The Morgan fingerprint density at radius 1 is 0.449 bits per heavy atom. The van der Waals surface area contributed by atoms with Crippen LogP contribution in [0.5, 0.6) is 0 Å². The molecule has 290 valence electrons. The second kappa shape index (κ2) is 33.2. The van der Waals surface area contributed by atoms with Crippen LogP contribution in [0.1, 0.15) is 61.3 Å². The summed E-state index contributed by atoms with van der Waals surface area (Å²) in [7, 11) is 0. The van der Waals surface area contributed by atoms with E-state index in [1.54, 1.807) is 6.92 Å². The molecule has 6 atom stereocenters. The fourth-order valence-electron chi connectivity index (χ4n) is 2.21. The molecular weight excluding hydrogens is 684 g/mol. The maximum absolute atomic E-state index is 11.0. The number of aliphatic hydroxyl groups is 4. The molecule has 0 aromatic rings. The zero-order valence-electron chi connectivity index (χ0n) is 29.3. The molecule has 0 bridgehead atoms. The second-order valence-electron chi connectivity index (χ2n) is 10.8. The highest BCUT2D eigenvalue weighted by Gasteiger charge is 2.11. The first-order chi connectivity index (χ1) is 22.9. The number of hydrogen-bond acceptors (Lipinski definition) is 18. The van der Waals surface area contributed by atoms with Crippen molar-refractivity contribution in [2.24, 2.45) is 11.8 Å². The molecule has 0 aromatic carbocycles. The highest BCUT2D eigenvalue weighted by molar-refractivity contribution is 6.18. The molecule has 49 heavy (non-hydrogen) atoms. The highest BCUT2D eigenvalue weighted by Crippen LogP contribution is 2.01. The summed E-state index contributed by atoms with van der Waals surface area (Å²) < 4.78 is 41.8. The zero-order chi connectivity index (χ0) is 38.2. The molecule has 0 heterocycles. The van der Waals surface area contributed by atoms with Crippen LogP contribution in [-0.4, -0.2) is 141 Å². The number of rotatable bonds is 20. The minimum absolute atomic E-state index is 0.0475. The van der Waals surface area contributed by atoms with Gasteiger partial charge in [-0.3, -0.25) is 4.79 Å². The predicted octanol–water partition coefficient (Wildman–Crippen LogP) is 2.95. The van der Waals surface area contributed by atoms with Gasteiger partial charge in [-0.2, -0.15) is 0 Å². The molecule has 19 heteroatoms. The number of aliphatic hydroxyl groups excluding tert-OH is 4. The van der Waals surface area contributed by atoms with E-state index in [1.165, 1.54) is 34.6 Å². The van der Waals surface area contributed by atoms with E-state index in [1.807, 2.05) is 6.92 Å². The minimum atomic E-state index is -0.844. The summed E-state index contributed by atoms with van der Waals surface area (Å²) in [6.07, 6.45) is -5.16. The average Bonchev–Trinajstić information content (AvgIpc) is 3.03. The van der Waals surface area contributed by atoms with Crippen LogP contribution in [-0.2, 0) is 47.4 Å². The van der Waals surface area contributed by atoms with E-state index in [0.29, 0.717) is 18.7 Å². The van der Waals surface area contributed by atoms with Gasteiger partial charge in [-0.05, 0) is 40.5 Å². The van der Waals surface area contributed by atoms with Gasteiger partial charge in [-0.25, -0.2) is 19.2 Å². The topological polar surface area (TPSA) is 249 Å². The third-order valence-corrected chi connectivity index (χ3v) is 5.08. The number of halogens is 1. The van der Waals surface area contributed by atoms with Crippen molar-refractivity contribution in [3.05, 3.63) is 0 Å². The van der Waals surface area contributed by atoms with Crippen molar-refractivity contribution in [2.75, 3.05) is 65.3 Å². The van der Waals surface area contributed by atoms with Gasteiger partial charge in [0.1, 0.15) is 33.0 Å². The Balaban J connectivity index is -0.000000664. The summed E-state index contributed by atoms with van der Waals surface area (Å²) in [6, 6.07) is 0. The average molecular weight is 739 g/mol. The van der Waals surface area contributed by atoms with E-state index in [9.17, 15) is 24.0 Å². The molecule has 0 aliphatic heterocycles. The molecule has 0 spiro atoms. The molecule has 6 unspecified atom stereocenters. The predicted molar refractivity (Wildman–Crippen MR) is 171 cm³/mol. The SMILES string of the molecule is CC(=O)OCC(C)COC(=O)OCC(C)O.CC(O)COC(=O)OCC(C)CCl.CC(O)COC(=O)OCCCCOC(=O)OCC(C)O. The molecule has 0 fully saturated rings. The standard InChI is InChI=1S/C12H22O8.C10H18O6.C8H15ClO4/c1-9(13)7-19-11(15)17-5-3-4-6-18-12(16)20-8-10(2)14;1-7(4-14-9(3)12)5-15-10(13)16-6-8(2)11;1-6(3-9)4-12-8(11)13-5-7(2)10/h9-10,13-14H,3-8H2,1-2H3;7-8,11H,4-6H2,1-3H3;6-7,10H,3-5H2,1-2H3. The van der Waals surface area contributed by atoms with Crippen molar-refractivity contribution in [3.63, 3.8) is 0 Å². The molecular formula is C30H55ClO18. The largest absolute Gasteiger partial charge is 0.508 e. The van der Waals surface area contributed by atoms with Crippen LogP contribution >= 0.6 is 11.6 Å². The first-order valence-electron chi connectivity index (χ1n) is 15.5. The smallest absolute Gasteiger partial charge is 0.465 e. The number of unbranched alkanes of at least 4 members (excludes halogenated alkanes) is 1. The van der Waals surface area contributed by atoms with Gasteiger partial charge in [0.05, 0.1) is 50.8 Å². The summed E-state index contributed by atoms with van der Waals surface area (Å²) in [6.45, 7) is 11.3. The monoisotopic (exact) mass is 738 g/mol. The Kier molecular flexibility index (Phi) is 33.9. The number of esters is 1. The van der Waals surface area contributed by atoms with Crippen LogP contribution in [0.2, 0.25) is 0 Å². The van der Waals surface area contributed by atoms with Crippen molar-refractivity contribution in [3.8, 4) is 0 Å². The number of carbonyl (C=O) groups is 5. The van der Waals surface area contributed by atoms with Crippen molar-refractivity contribution in [1.82, 2.24) is 0 Å². The minimum Gasteiger partial charge on any atom is -0.465 e. The van der Waals surface area contributed by atoms with Crippen molar-refractivity contribution >= 4 is 42.2 Å². The molecule has 18 nitrogen and oxygen atoms in total. The normalized spacial score (nSPS) is 13.8. The van der Waals surface area contributed by atoms with Gasteiger partial charge in [0.25, 0.3) is 0 Å². The highest BCUT2D eigenvalue weighted by atomic mass is 35.5. The van der Waals surface area contributed by atoms with Gasteiger partial charge in [-0.1, -0.05) is 13.8 Å². The summed E-state index contributed by atoms with van der Waals surface area (Å²) in [4.78, 5) is 54.1. The summed E-state index contributed by atoms with van der Waals surface area (Å²) in [5.41, 5.74) is 0. The lowest BCUT2D eigenvalue weighted by Crippen LogP contribution is -2.20. The van der Waals surface area contributed by atoms with Gasteiger partial charge in [0.15, 0.2) is 0 Å². The number of ether oxygens (including phenoxy) is 9. The molecule has 0 saturated carbocycles. The Labute approximate surface area is 292 Å². The molecule has 0 radical (unpaired) electrons. The van der Waals surface area contributed by atoms with Gasteiger partial charge >= 0.3 is 30.6 Å². The van der Waals surface area contributed by atoms with Crippen molar-refractivity contribution in [1.29, 1.82) is 0 Å². The van der Waals surface area contributed by atoms with E-state index >= 15 is 0 Å². The quantitative estimate of drug-likeness (QED) is 0.0606. The Morgan fingerprint density at radius 3 is 1.00 bits per heavy atom.